The van der Waals surface area contributed by atoms with Gasteiger partial charge in [-0.15, -0.1) is 0 Å². The van der Waals surface area contributed by atoms with Crippen molar-refractivity contribution in [3.05, 3.63) is 33.8 Å². The van der Waals surface area contributed by atoms with Gasteiger partial charge in [-0.05, 0) is 29.0 Å². The lowest BCUT2D eigenvalue weighted by Crippen LogP contribution is -2.21. The van der Waals surface area contributed by atoms with Gasteiger partial charge in [0.05, 0.1) is 0 Å². The molecule has 0 aliphatic carbocycles. The molecule has 1 aromatic rings. The zero-order valence-electron chi connectivity index (χ0n) is 11.4. The van der Waals surface area contributed by atoms with Crippen LogP contribution in [-0.4, -0.2) is 5.78 Å². The van der Waals surface area contributed by atoms with Crippen molar-refractivity contribution in [3.8, 4) is 0 Å². The lowest BCUT2D eigenvalue weighted by atomic mass is 9.79. The second-order valence-corrected chi connectivity index (χ2v) is 6.70. The lowest BCUT2D eigenvalue weighted by molar-refractivity contribution is -0.120. The topological polar surface area (TPSA) is 17.1 Å². The van der Waals surface area contributed by atoms with Crippen LogP contribution in [0.1, 0.15) is 39.7 Å². The summed E-state index contributed by atoms with van der Waals surface area (Å²) >= 11 is 12.1. The number of hydrogen-bond acceptors (Lipinski definition) is 1. The molecule has 18 heavy (non-hydrogen) atoms. The molecule has 0 spiro atoms. The van der Waals surface area contributed by atoms with E-state index < -0.39 is 0 Å². The van der Waals surface area contributed by atoms with Crippen LogP contribution in [0.3, 0.4) is 0 Å². The Kier molecular flexibility index (Phi) is 5.24. The highest BCUT2D eigenvalue weighted by Gasteiger charge is 2.23. The molecule has 3 heteroatoms. The Labute approximate surface area is 119 Å². The highest BCUT2D eigenvalue weighted by Crippen LogP contribution is 2.30. The third kappa shape index (κ3) is 4.29. The molecular weight excluding hydrogens is 267 g/mol. The second-order valence-electron chi connectivity index (χ2n) is 5.89. The Hall–Kier alpha value is -0.530. The van der Waals surface area contributed by atoms with Crippen LogP contribution in [0.2, 0.25) is 10.0 Å². The minimum absolute atomic E-state index is 0.139. The molecule has 1 nitrogen and oxygen atoms in total. The van der Waals surface area contributed by atoms with E-state index in [4.69, 9.17) is 23.2 Å². The number of halogens is 2. The molecule has 1 rings (SSSR count). The van der Waals surface area contributed by atoms with Crippen molar-refractivity contribution >= 4 is 29.0 Å². The SMILES string of the molecule is CC(CC(=O)Cc1c(Cl)cccc1Cl)C(C)(C)C. The number of benzene rings is 1. The predicted molar refractivity (Wildman–Crippen MR) is 78.4 cm³/mol. The molecule has 0 amide bonds. The summed E-state index contributed by atoms with van der Waals surface area (Å²) < 4.78 is 0. The number of Topliss-reactive ketones (excluding diaryl/α,β-unsaturated/α-hetero) is 1. The van der Waals surface area contributed by atoms with Crippen LogP contribution in [0.4, 0.5) is 0 Å². The van der Waals surface area contributed by atoms with E-state index >= 15 is 0 Å². The summed E-state index contributed by atoms with van der Waals surface area (Å²) in [5.74, 6) is 0.527. The predicted octanol–water partition coefficient (Wildman–Crippen LogP) is 5.18. The quantitative estimate of drug-likeness (QED) is 0.746. The van der Waals surface area contributed by atoms with Crippen molar-refractivity contribution in [3.63, 3.8) is 0 Å². The van der Waals surface area contributed by atoms with Crippen LogP contribution in [0, 0.1) is 11.3 Å². The molecule has 0 saturated carbocycles. The zero-order valence-corrected chi connectivity index (χ0v) is 12.9. The molecule has 0 heterocycles. The van der Waals surface area contributed by atoms with Crippen LogP contribution >= 0.6 is 23.2 Å². The van der Waals surface area contributed by atoms with E-state index in [9.17, 15) is 4.79 Å². The van der Waals surface area contributed by atoms with E-state index in [-0.39, 0.29) is 11.2 Å². The van der Waals surface area contributed by atoms with Gasteiger partial charge in [0.15, 0.2) is 0 Å². The first kappa shape index (κ1) is 15.5. The highest BCUT2D eigenvalue weighted by molar-refractivity contribution is 6.36. The van der Waals surface area contributed by atoms with Gasteiger partial charge in [-0.25, -0.2) is 0 Å². The van der Waals surface area contributed by atoms with Crippen molar-refractivity contribution in [2.75, 3.05) is 0 Å². The molecule has 1 atom stereocenters. The van der Waals surface area contributed by atoms with Crippen molar-refractivity contribution < 1.29 is 4.79 Å². The average Bonchev–Trinajstić information content (AvgIpc) is 2.22. The highest BCUT2D eigenvalue weighted by atomic mass is 35.5. The van der Waals surface area contributed by atoms with Crippen molar-refractivity contribution in [1.82, 2.24) is 0 Å². The number of hydrogen-bond donors (Lipinski definition) is 0. The molecular formula is C15H20Cl2O. The van der Waals surface area contributed by atoms with E-state index in [0.29, 0.717) is 28.8 Å². The van der Waals surface area contributed by atoms with Gasteiger partial charge >= 0.3 is 0 Å². The molecule has 0 aliphatic heterocycles. The van der Waals surface area contributed by atoms with E-state index in [2.05, 4.69) is 27.7 Å². The van der Waals surface area contributed by atoms with Gasteiger partial charge in [-0.1, -0.05) is 57.0 Å². The molecule has 0 fully saturated rings. The first-order chi connectivity index (χ1) is 8.21. The van der Waals surface area contributed by atoms with Crippen molar-refractivity contribution in [2.45, 2.75) is 40.5 Å². The van der Waals surface area contributed by atoms with Gasteiger partial charge in [-0.3, -0.25) is 4.79 Å². The Bertz CT molecular complexity index is 412. The molecule has 0 radical (unpaired) electrons. The molecule has 100 valence electrons. The lowest BCUT2D eigenvalue weighted by Gasteiger charge is -2.26. The summed E-state index contributed by atoms with van der Waals surface area (Å²) in [5, 5.41) is 1.14. The molecule has 0 aromatic heterocycles. The Morgan fingerprint density at radius 1 is 1.22 bits per heavy atom. The maximum Gasteiger partial charge on any atom is 0.137 e. The average molecular weight is 287 g/mol. The van der Waals surface area contributed by atoms with Crippen LogP contribution in [0.15, 0.2) is 18.2 Å². The first-order valence-electron chi connectivity index (χ1n) is 6.16. The Morgan fingerprint density at radius 3 is 2.17 bits per heavy atom. The number of carbonyl (C=O) groups excluding carboxylic acids is 1. The van der Waals surface area contributed by atoms with E-state index in [1.54, 1.807) is 18.2 Å². The largest absolute Gasteiger partial charge is 0.299 e. The van der Waals surface area contributed by atoms with Gasteiger partial charge in [0, 0.05) is 22.9 Å². The maximum absolute atomic E-state index is 12.1. The van der Waals surface area contributed by atoms with E-state index in [0.717, 1.165) is 5.56 Å². The summed E-state index contributed by atoms with van der Waals surface area (Å²) in [6.07, 6.45) is 0.879. The Morgan fingerprint density at radius 2 is 1.72 bits per heavy atom. The molecule has 0 N–H and O–H groups in total. The normalized spacial score (nSPS) is 13.4. The van der Waals surface area contributed by atoms with Gasteiger partial charge in [0.25, 0.3) is 0 Å². The second kappa shape index (κ2) is 6.08. The molecule has 0 saturated heterocycles. The van der Waals surface area contributed by atoms with E-state index in [1.807, 2.05) is 0 Å². The minimum atomic E-state index is 0.139. The first-order valence-corrected chi connectivity index (χ1v) is 6.92. The summed E-state index contributed by atoms with van der Waals surface area (Å²) in [5.41, 5.74) is 0.881. The third-order valence-corrected chi connectivity index (χ3v) is 4.16. The molecule has 0 aliphatic rings. The molecule has 1 aromatic carbocycles. The van der Waals surface area contributed by atoms with Crippen molar-refractivity contribution in [2.24, 2.45) is 11.3 Å². The van der Waals surface area contributed by atoms with Gasteiger partial charge in [0.2, 0.25) is 0 Å². The standard InChI is InChI=1S/C15H20Cl2O/c1-10(15(2,3)4)8-11(18)9-12-13(16)6-5-7-14(12)17/h5-7,10H,8-9H2,1-4H3. The fourth-order valence-corrected chi connectivity index (χ4v) is 2.15. The van der Waals surface area contributed by atoms with Crippen LogP contribution in [0.5, 0.6) is 0 Å². The molecule has 1 unspecified atom stereocenters. The summed E-state index contributed by atoms with van der Waals surface area (Å²) in [6.45, 7) is 8.54. The zero-order chi connectivity index (χ0) is 13.9. The fourth-order valence-electron chi connectivity index (χ4n) is 1.62. The maximum atomic E-state index is 12.1. The minimum Gasteiger partial charge on any atom is -0.299 e. The van der Waals surface area contributed by atoms with Crippen LogP contribution in [-0.2, 0) is 11.2 Å². The van der Waals surface area contributed by atoms with Crippen LogP contribution < -0.4 is 0 Å². The number of carbonyl (C=O) groups is 1. The van der Waals surface area contributed by atoms with Crippen molar-refractivity contribution in [1.29, 1.82) is 0 Å². The third-order valence-electron chi connectivity index (χ3n) is 3.45. The Balaban J connectivity index is 2.72. The smallest absolute Gasteiger partial charge is 0.137 e. The van der Waals surface area contributed by atoms with Gasteiger partial charge in [-0.2, -0.15) is 0 Å². The fraction of sp³-hybridized carbons (Fsp3) is 0.533. The number of rotatable bonds is 4. The number of ketones is 1. The van der Waals surface area contributed by atoms with E-state index in [1.165, 1.54) is 0 Å². The van der Waals surface area contributed by atoms with Gasteiger partial charge < -0.3 is 0 Å². The monoisotopic (exact) mass is 286 g/mol. The molecule has 0 bridgehead atoms. The summed E-state index contributed by atoms with van der Waals surface area (Å²) in [6, 6.07) is 5.32. The summed E-state index contributed by atoms with van der Waals surface area (Å²) in [4.78, 5) is 12.1. The van der Waals surface area contributed by atoms with Crippen LogP contribution in [0.25, 0.3) is 0 Å². The summed E-state index contributed by atoms with van der Waals surface area (Å²) in [7, 11) is 0. The van der Waals surface area contributed by atoms with Gasteiger partial charge in [0.1, 0.15) is 5.78 Å².